The molecule has 0 aliphatic rings. The van der Waals surface area contributed by atoms with Crippen molar-refractivity contribution in [3.05, 3.63) is 194 Å². The third-order valence-electron chi connectivity index (χ3n) is 10.8. The highest BCUT2D eigenvalue weighted by atomic mass is 15.0. The molecule has 0 saturated heterocycles. The van der Waals surface area contributed by atoms with Crippen molar-refractivity contribution >= 4 is 54.1 Å². The smallest absolute Gasteiger partial charge is 0.164 e. The molecule has 2 aromatic heterocycles. The molecule has 0 radical (unpaired) electrons. The van der Waals surface area contributed by atoms with Crippen molar-refractivity contribution in [3.63, 3.8) is 0 Å². The van der Waals surface area contributed by atoms with E-state index < -0.39 is 0 Å². The Bertz CT molecular complexity index is 3140. The van der Waals surface area contributed by atoms with Crippen LogP contribution >= 0.6 is 0 Å². The Morgan fingerprint density at radius 1 is 0.291 bits per heavy atom. The molecule has 0 N–H and O–H groups in total. The van der Waals surface area contributed by atoms with Crippen molar-refractivity contribution in [2.45, 2.75) is 0 Å². The molecular weight excluding hydrogens is 669 g/mol. The second-order valence-corrected chi connectivity index (χ2v) is 14.1. The van der Waals surface area contributed by atoms with Crippen LogP contribution in [0.1, 0.15) is 0 Å². The van der Waals surface area contributed by atoms with E-state index in [-0.39, 0.29) is 0 Å². The van der Waals surface area contributed by atoms with Gasteiger partial charge in [-0.15, -0.1) is 0 Å². The standard InChI is InChI=1S/C51H32N4/c1-2-13-38(14-3-1)49-52-50(54-51(53-49)41-23-20-33-10-4-5-15-40(33)32-41)39-21-18-34(19-22-39)35-24-28-42(29-25-35)55-45-30-26-36-11-6-8-16-43(36)47(45)48-44-17-9-7-12-37(44)27-31-46(48)55/h1-32H. The molecule has 0 aliphatic heterocycles. The molecule has 9 aromatic carbocycles. The summed E-state index contributed by atoms with van der Waals surface area (Å²) in [6.07, 6.45) is 0. The number of rotatable bonds is 5. The highest BCUT2D eigenvalue weighted by Crippen LogP contribution is 2.41. The normalized spacial score (nSPS) is 11.6. The number of nitrogens with zero attached hydrogens (tertiary/aromatic N) is 4. The first kappa shape index (κ1) is 31.1. The van der Waals surface area contributed by atoms with E-state index in [4.69, 9.17) is 15.0 Å². The third-order valence-corrected chi connectivity index (χ3v) is 10.8. The molecule has 0 amide bonds. The van der Waals surface area contributed by atoms with Gasteiger partial charge in [0, 0.05) is 33.2 Å². The Morgan fingerprint density at radius 3 is 1.31 bits per heavy atom. The number of fused-ring (bicyclic) bond motifs is 8. The lowest BCUT2D eigenvalue weighted by Crippen LogP contribution is -2.00. The minimum absolute atomic E-state index is 0.644. The van der Waals surface area contributed by atoms with Crippen molar-refractivity contribution < 1.29 is 0 Å². The Hall–Kier alpha value is -7.43. The van der Waals surface area contributed by atoms with E-state index in [2.05, 4.69) is 168 Å². The number of hydrogen-bond acceptors (Lipinski definition) is 3. The molecule has 11 rings (SSSR count). The largest absolute Gasteiger partial charge is 0.309 e. The fraction of sp³-hybridized carbons (Fsp3) is 0. The average molecular weight is 701 g/mol. The highest BCUT2D eigenvalue weighted by molar-refractivity contribution is 6.28. The molecule has 0 unspecified atom stereocenters. The fourth-order valence-electron chi connectivity index (χ4n) is 8.12. The third kappa shape index (κ3) is 5.26. The van der Waals surface area contributed by atoms with Crippen LogP contribution < -0.4 is 0 Å². The zero-order valence-corrected chi connectivity index (χ0v) is 29.8. The molecule has 0 fully saturated rings. The van der Waals surface area contributed by atoms with Gasteiger partial charge >= 0.3 is 0 Å². The van der Waals surface area contributed by atoms with Crippen molar-refractivity contribution in [2.75, 3.05) is 0 Å². The van der Waals surface area contributed by atoms with Crippen molar-refractivity contribution in [2.24, 2.45) is 0 Å². The summed E-state index contributed by atoms with van der Waals surface area (Å²) in [7, 11) is 0. The summed E-state index contributed by atoms with van der Waals surface area (Å²) in [5.74, 6) is 1.95. The molecule has 0 aliphatic carbocycles. The van der Waals surface area contributed by atoms with Gasteiger partial charge in [0.15, 0.2) is 17.5 Å². The van der Waals surface area contributed by atoms with Gasteiger partial charge in [0.2, 0.25) is 0 Å². The van der Waals surface area contributed by atoms with E-state index in [0.29, 0.717) is 17.5 Å². The molecule has 55 heavy (non-hydrogen) atoms. The summed E-state index contributed by atoms with van der Waals surface area (Å²) in [5, 5.41) is 9.97. The Kier molecular flexibility index (Phi) is 7.14. The van der Waals surface area contributed by atoms with E-state index in [9.17, 15) is 0 Å². The lowest BCUT2D eigenvalue weighted by atomic mass is 10.00. The topological polar surface area (TPSA) is 43.6 Å². The fourth-order valence-corrected chi connectivity index (χ4v) is 8.12. The van der Waals surface area contributed by atoms with Crippen LogP contribution in [0.15, 0.2) is 194 Å². The van der Waals surface area contributed by atoms with Gasteiger partial charge in [0.25, 0.3) is 0 Å². The first-order chi connectivity index (χ1) is 27.2. The zero-order valence-electron chi connectivity index (χ0n) is 29.8. The zero-order chi connectivity index (χ0) is 36.3. The van der Waals surface area contributed by atoms with Crippen LogP contribution in [0.4, 0.5) is 0 Å². The molecule has 2 heterocycles. The predicted molar refractivity (Wildman–Crippen MR) is 228 cm³/mol. The highest BCUT2D eigenvalue weighted by Gasteiger charge is 2.18. The molecule has 4 heteroatoms. The maximum Gasteiger partial charge on any atom is 0.164 e. The maximum atomic E-state index is 5.01. The van der Waals surface area contributed by atoms with Gasteiger partial charge in [-0.3, -0.25) is 0 Å². The van der Waals surface area contributed by atoms with Gasteiger partial charge in [0.1, 0.15) is 0 Å². The SMILES string of the molecule is c1ccc(-c2nc(-c3ccc(-c4ccc(-n5c6ccc7ccccc7c6c6c7ccccc7ccc65)cc4)cc3)nc(-c3ccc4ccccc4c3)n2)cc1. The quantitative estimate of drug-likeness (QED) is 0.179. The van der Waals surface area contributed by atoms with Crippen molar-refractivity contribution in [1.82, 2.24) is 19.5 Å². The van der Waals surface area contributed by atoms with Gasteiger partial charge in [-0.25, -0.2) is 15.0 Å². The van der Waals surface area contributed by atoms with Crippen molar-refractivity contribution in [3.8, 4) is 51.0 Å². The lowest BCUT2D eigenvalue weighted by Gasteiger charge is -2.11. The van der Waals surface area contributed by atoms with E-state index in [1.54, 1.807) is 0 Å². The van der Waals surface area contributed by atoms with E-state index in [1.807, 2.05) is 30.3 Å². The van der Waals surface area contributed by atoms with Crippen LogP contribution in [-0.2, 0) is 0 Å². The van der Waals surface area contributed by atoms with Crippen LogP contribution in [-0.4, -0.2) is 19.5 Å². The number of hydrogen-bond donors (Lipinski definition) is 0. The Labute approximate surface area is 317 Å². The van der Waals surface area contributed by atoms with E-state index in [1.165, 1.54) is 48.7 Å². The summed E-state index contributed by atoms with van der Waals surface area (Å²) in [6.45, 7) is 0. The van der Waals surface area contributed by atoms with E-state index >= 15 is 0 Å². The maximum absolute atomic E-state index is 5.01. The van der Waals surface area contributed by atoms with Gasteiger partial charge < -0.3 is 4.57 Å². The molecule has 0 saturated carbocycles. The summed E-state index contributed by atoms with van der Waals surface area (Å²) >= 11 is 0. The minimum Gasteiger partial charge on any atom is -0.309 e. The minimum atomic E-state index is 0.644. The number of aromatic nitrogens is 4. The molecule has 0 bridgehead atoms. The summed E-state index contributed by atoms with van der Waals surface area (Å²) in [5.41, 5.74) is 8.66. The van der Waals surface area contributed by atoms with Crippen LogP contribution in [0, 0.1) is 0 Å². The summed E-state index contributed by atoms with van der Waals surface area (Å²) in [6, 6.07) is 68.8. The lowest BCUT2D eigenvalue weighted by molar-refractivity contribution is 1.07. The molecule has 0 spiro atoms. The molecule has 256 valence electrons. The second kappa shape index (κ2) is 12.6. The van der Waals surface area contributed by atoms with Gasteiger partial charge in [0.05, 0.1) is 11.0 Å². The first-order valence-corrected chi connectivity index (χ1v) is 18.6. The van der Waals surface area contributed by atoms with Crippen molar-refractivity contribution in [1.29, 1.82) is 0 Å². The Balaban J connectivity index is 0.981. The van der Waals surface area contributed by atoms with Crippen LogP contribution in [0.5, 0.6) is 0 Å². The number of benzene rings is 9. The van der Waals surface area contributed by atoms with Gasteiger partial charge in [-0.05, 0) is 73.8 Å². The van der Waals surface area contributed by atoms with Gasteiger partial charge in [-0.1, -0.05) is 164 Å². The molecule has 11 aromatic rings. The average Bonchev–Trinajstić information content (AvgIpc) is 3.62. The van der Waals surface area contributed by atoms with Crippen LogP contribution in [0.25, 0.3) is 105 Å². The predicted octanol–water partition coefficient (Wildman–Crippen LogP) is 13.1. The monoisotopic (exact) mass is 700 g/mol. The molecule has 0 atom stereocenters. The second-order valence-electron chi connectivity index (χ2n) is 14.1. The summed E-state index contributed by atoms with van der Waals surface area (Å²) in [4.78, 5) is 14.9. The molecular formula is C51H32N4. The molecule has 4 nitrogen and oxygen atoms in total. The van der Waals surface area contributed by atoms with Crippen LogP contribution in [0.2, 0.25) is 0 Å². The first-order valence-electron chi connectivity index (χ1n) is 18.6. The van der Waals surface area contributed by atoms with Gasteiger partial charge in [-0.2, -0.15) is 0 Å². The van der Waals surface area contributed by atoms with Crippen LogP contribution in [0.3, 0.4) is 0 Å². The summed E-state index contributed by atoms with van der Waals surface area (Å²) < 4.78 is 2.41. The Morgan fingerprint density at radius 2 is 0.709 bits per heavy atom. The van der Waals surface area contributed by atoms with E-state index in [0.717, 1.165) is 38.9 Å².